The normalized spacial score (nSPS) is 24.2. The summed E-state index contributed by atoms with van der Waals surface area (Å²) in [5.74, 6) is 0.916. The van der Waals surface area contributed by atoms with Crippen LogP contribution >= 0.6 is 22.6 Å². The first-order valence-corrected chi connectivity index (χ1v) is 6.94. The lowest BCUT2D eigenvalue weighted by Gasteiger charge is -2.43. The van der Waals surface area contributed by atoms with Gasteiger partial charge in [0, 0.05) is 22.9 Å². The Bertz CT molecular complexity index is 425. The molecule has 1 amide bonds. The molecule has 1 saturated heterocycles. The topological polar surface area (TPSA) is 56.7 Å². The van der Waals surface area contributed by atoms with Gasteiger partial charge in [0.1, 0.15) is 5.82 Å². The third kappa shape index (κ3) is 2.68. The SMILES string of the molecule is C[C@@H]1CN(c2ccc(I)cn2)C[C@H](C)N1C(=O)O. The molecule has 1 fully saturated rings. The minimum atomic E-state index is -0.842. The predicted octanol–water partition coefficient (Wildman–Crippen LogP) is 2.26. The van der Waals surface area contributed by atoms with Crippen LogP contribution in [-0.4, -0.2) is 46.3 Å². The van der Waals surface area contributed by atoms with Gasteiger partial charge in [0.25, 0.3) is 0 Å². The Morgan fingerprint density at radius 2 is 2.00 bits per heavy atom. The number of hydrogen-bond acceptors (Lipinski definition) is 3. The van der Waals surface area contributed by atoms with Crippen molar-refractivity contribution in [2.75, 3.05) is 18.0 Å². The molecule has 1 aliphatic heterocycles. The molecule has 0 bridgehead atoms. The van der Waals surface area contributed by atoms with Gasteiger partial charge in [0.15, 0.2) is 0 Å². The molecule has 18 heavy (non-hydrogen) atoms. The van der Waals surface area contributed by atoms with Crippen molar-refractivity contribution in [1.29, 1.82) is 0 Å². The van der Waals surface area contributed by atoms with Gasteiger partial charge in [-0.3, -0.25) is 4.90 Å². The van der Waals surface area contributed by atoms with E-state index in [9.17, 15) is 4.79 Å². The third-order valence-corrected chi connectivity index (χ3v) is 3.81. The highest BCUT2D eigenvalue weighted by Gasteiger charge is 2.33. The van der Waals surface area contributed by atoms with Crippen LogP contribution in [0.4, 0.5) is 10.6 Å². The van der Waals surface area contributed by atoms with E-state index in [2.05, 4.69) is 32.5 Å². The molecule has 0 aliphatic carbocycles. The first kappa shape index (κ1) is 13.4. The first-order chi connectivity index (χ1) is 8.49. The second kappa shape index (κ2) is 5.29. The summed E-state index contributed by atoms with van der Waals surface area (Å²) in [6, 6.07) is 3.96. The fourth-order valence-corrected chi connectivity index (χ4v) is 2.76. The Hall–Kier alpha value is -1.05. The van der Waals surface area contributed by atoms with Crippen molar-refractivity contribution >= 4 is 34.5 Å². The highest BCUT2D eigenvalue weighted by Crippen LogP contribution is 2.21. The lowest BCUT2D eigenvalue weighted by molar-refractivity contribution is 0.0981. The molecule has 0 unspecified atom stereocenters. The highest BCUT2D eigenvalue weighted by molar-refractivity contribution is 14.1. The number of piperazine rings is 1. The quantitative estimate of drug-likeness (QED) is 0.780. The fourth-order valence-electron chi connectivity index (χ4n) is 2.44. The molecule has 5 nitrogen and oxygen atoms in total. The van der Waals surface area contributed by atoms with Crippen LogP contribution < -0.4 is 4.90 Å². The van der Waals surface area contributed by atoms with Crippen LogP contribution in [0.5, 0.6) is 0 Å². The van der Waals surface area contributed by atoms with Gasteiger partial charge in [-0.05, 0) is 48.6 Å². The average molecular weight is 361 g/mol. The van der Waals surface area contributed by atoms with Gasteiger partial charge in [0.05, 0.1) is 12.1 Å². The van der Waals surface area contributed by atoms with Crippen LogP contribution in [0.2, 0.25) is 0 Å². The predicted molar refractivity (Wildman–Crippen MR) is 78.0 cm³/mol. The fraction of sp³-hybridized carbons (Fsp3) is 0.500. The smallest absolute Gasteiger partial charge is 0.407 e. The number of pyridine rings is 1. The summed E-state index contributed by atoms with van der Waals surface area (Å²) in [4.78, 5) is 19.2. The number of hydrogen-bond donors (Lipinski definition) is 1. The van der Waals surface area contributed by atoms with Crippen molar-refractivity contribution in [3.05, 3.63) is 21.9 Å². The van der Waals surface area contributed by atoms with Crippen molar-refractivity contribution in [3.63, 3.8) is 0 Å². The molecular weight excluding hydrogens is 345 g/mol. The zero-order valence-corrected chi connectivity index (χ0v) is 12.5. The Kier molecular flexibility index (Phi) is 3.94. The lowest BCUT2D eigenvalue weighted by Crippen LogP contribution is -2.58. The van der Waals surface area contributed by atoms with E-state index in [-0.39, 0.29) is 12.1 Å². The van der Waals surface area contributed by atoms with E-state index in [0.29, 0.717) is 13.1 Å². The number of anilines is 1. The third-order valence-electron chi connectivity index (χ3n) is 3.18. The van der Waals surface area contributed by atoms with E-state index >= 15 is 0 Å². The minimum absolute atomic E-state index is 0.0210. The van der Waals surface area contributed by atoms with Crippen LogP contribution in [0.15, 0.2) is 18.3 Å². The average Bonchev–Trinajstić information content (AvgIpc) is 2.28. The van der Waals surface area contributed by atoms with Gasteiger partial charge in [-0.1, -0.05) is 0 Å². The van der Waals surface area contributed by atoms with E-state index in [1.165, 1.54) is 4.90 Å². The number of aromatic nitrogens is 1. The van der Waals surface area contributed by atoms with E-state index in [1.54, 1.807) is 0 Å². The van der Waals surface area contributed by atoms with Crippen LogP contribution in [0.1, 0.15) is 13.8 Å². The molecule has 1 N–H and O–H groups in total. The monoisotopic (exact) mass is 361 g/mol. The second-order valence-electron chi connectivity index (χ2n) is 4.63. The van der Waals surface area contributed by atoms with Crippen molar-refractivity contribution in [1.82, 2.24) is 9.88 Å². The van der Waals surface area contributed by atoms with E-state index in [0.717, 1.165) is 9.39 Å². The zero-order chi connectivity index (χ0) is 13.3. The van der Waals surface area contributed by atoms with Gasteiger partial charge >= 0.3 is 6.09 Å². The lowest BCUT2D eigenvalue weighted by atomic mass is 10.1. The Morgan fingerprint density at radius 3 is 2.44 bits per heavy atom. The maximum absolute atomic E-state index is 11.2. The van der Waals surface area contributed by atoms with Gasteiger partial charge in [0.2, 0.25) is 0 Å². The molecule has 2 heterocycles. The summed E-state index contributed by atoms with van der Waals surface area (Å²) in [5, 5.41) is 9.16. The molecule has 98 valence electrons. The molecule has 1 aromatic heterocycles. The summed E-state index contributed by atoms with van der Waals surface area (Å²) in [6.07, 6.45) is 0.986. The van der Waals surface area contributed by atoms with Gasteiger partial charge in [-0.15, -0.1) is 0 Å². The van der Waals surface area contributed by atoms with Crippen molar-refractivity contribution in [3.8, 4) is 0 Å². The largest absolute Gasteiger partial charge is 0.465 e. The minimum Gasteiger partial charge on any atom is -0.465 e. The number of rotatable bonds is 1. The zero-order valence-electron chi connectivity index (χ0n) is 10.4. The number of amides is 1. The molecular formula is C12H16IN3O2. The summed E-state index contributed by atoms with van der Waals surface area (Å²) in [5.41, 5.74) is 0. The van der Waals surface area contributed by atoms with E-state index in [4.69, 9.17) is 5.11 Å². The second-order valence-corrected chi connectivity index (χ2v) is 5.87. The van der Waals surface area contributed by atoms with Gasteiger partial charge in [-0.25, -0.2) is 9.78 Å². The van der Waals surface area contributed by atoms with Gasteiger partial charge in [-0.2, -0.15) is 0 Å². The standard InChI is InChI=1S/C12H16IN3O2/c1-8-6-15(7-9(2)16(8)12(17)18)11-4-3-10(13)5-14-11/h3-5,8-9H,6-7H2,1-2H3,(H,17,18)/t8-,9+. The van der Waals surface area contributed by atoms with Gasteiger partial charge < -0.3 is 10.0 Å². The van der Waals surface area contributed by atoms with Crippen molar-refractivity contribution < 1.29 is 9.90 Å². The number of carbonyl (C=O) groups is 1. The molecule has 2 rings (SSSR count). The molecule has 0 saturated carbocycles. The van der Waals surface area contributed by atoms with Crippen LogP contribution in [0.25, 0.3) is 0 Å². The molecule has 6 heteroatoms. The van der Waals surface area contributed by atoms with Crippen LogP contribution in [0.3, 0.4) is 0 Å². The molecule has 1 aliphatic rings. The Morgan fingerprint density at radius 1 is 1.39 bits per heavy atom. The molecule has 0 aromatic carbocycles. The maximum atomic E-state index is 11.2. The number of nitrogens with zero attached hydrogens (tertiary/aromatic N) is 3. The summed E-state index contributed by atoms with van der Waals surface area (Å²) >= 11 is 2.22. The molecule has 0 spiro atoms. The number of halogens is 1. The summed E-state index contributed by atoms with van der Waals surface area (Å²) in [7, 11) is 0. The van der Waals surface area contributed by atoms with Crippen LogP contribution in [-0.2, 0) is 0 Å². The summed E-state index contributed by atoms with van der Waals surface area (Å²) < 4.78 is 1.10. The van der Waals surface area contributed by atoms with Crippen molar-refractivity contribution in [2.45, 2.75) is 25.9 Å². The molecule has 0 radical (unpaired) electrons. The highest BCUT2D eigenvalue weighted by atomic mass is 127. The van der Waals surface area contributed by atoms with Crippen molar-refractivity contribution in [2.24, 2.45) is 0 Å². The maximum Gasteiger partial charge on any atom is 0.407 e. The molecule has 2 atom stereocenters. The number of carboxylic acid groups (broad SMARTS) is 1. The van der Waals surface area contributed by atoms with E-state index in [1.807, 2.05) is 32.2 Å². The van der Waals surface area contributed by atoms with Crippen LogP contribution in [0, 0.1) is 3.57 Å². The molecule has 1 aromatic rings. The summed E-state index contributed by atoms with van der Waals surface area (Å²) in [6.45, 7) is 5.24. The van der Waals surface area contributed by atoms with E-state index < -0.39 is 6.09 Å². The first-order valence-electron chi connectivity index (χ1n) is 5.87. The Labute approximate surface area is 120 Å². The Balaban J connectivity index is 2.15.